The number of piperazine rings is 1. The third kappa shape index (κ3) is 2.57. The summed E-state index contributed by atoms with van der Waals surface area (Å²) in [4.78, 5) is 12.8. The lowest BCUT2D eigenvalue weighted by molar-refractivity contribution is -0.384. The van der Waals surface area contributed by atoms with E-state index in [9.17, 15) is 10.1 Å². The smallest absolute Gasteiger partial charge is 0.292 e. The lowest BCUT2D eigenvalue weighted by Crippen LogP contribution is -2.54. The van der Waals surface area contributed by atoms with Crippen LogP contribution in [0.2, 0.25) is 5.02 Å². The van der Waals surface area contributed by atoms with Crippen molar-refractivity contribution < 1.29 is 4.92 Å². The van der Waals surface area contributed by atoms with E-state index < -0.39 is 0 Å². The molecule has 18 heavy (non-hydrogen) atoms. The molecule has 1 aromatic carbocycles. The number of halogens is 1. The molecule has 1 heterocycles. The first-order valence-corrected chi connectivity index (χ1v) is 6.31. The Balaban J connectivity index is 2.41. The van der Waals surface area contributed by atoms with Gasteiger partial charge in [0.05, 0.1) is 4.92 Å². The van der Waals surface area contributed by atoms with Crippen LogP contribution < -0.4 is 10.2 Å². The van der Waals surface area contributed by atoms with Gasteiger partial charge in [-0.05, 0) is 26.0 Å². The number of anilines is 1. The second-order valence-electron chi connectivity index (χ2n) is 4.70. The van der Waals surface area contributed by atoms with Crippen LogP contribution in [0.4, 0.5) is 11.4 Å². The number of hydrogen-bond acceptors (Lipinski definition) is 4. The molecule has 2 atom stereocenters. The first kappa shape index (κ1) is 13.1. The first-order chi connectivity index (χ1) is 8.49. The summed E-state index contributed by atoms with van der Waals surface area (Å²) >= 11 is 5.96. The van der Waals surface area contributed by atoms with Crippen molar-refractivity contribution in [2.75, 3.05) is 18.0 Å². The quantitative estimate of drug-likeness (QED) is 0.662. The fraction of sp³-hybridized carbons (Fsp3) is 0.500. The molecule has 0 aliphatic carbocycles. The maximum absolute atomic E-state index is 11.1. The number of nitro groups is 1. The zero-order chi connectivity index (χ0) is 13.3. The van der Waals surface area contributed by atoms with Crippen LogP contribution in [0.1, 0.15) is 13.8 Å². The minimum atomic E-state index is -0.356. The average Bonchev–Trinajstić information content (AvgIpc) is 2.31. The van der Waals surface area contributed by atoms with Crippen LogP contribution in [0.15, 0.2) is 18.2 Å². The van der Waals surface area contributed by atoms with E-state index in [0.29, 0.717) is 16.8 Å². The molecule has 2 rings (SSSR count). The van der Waals surface area contributed by atoms with E-state index in [4.69, 9.17) is 11.6 Å². The maximum Gasteiger partial charge on any atom is 0.292 e. The molecular weight excluding hydrogens is 254 g/mol. The highest BCUT2D eigenvalue weighted by Gasteiger charge is 2.28. The summed E-state index contributed by atoms with van der Waals surface area (Å²) in [5, 5.41) is 15.0. The third-order valence-corrected chi connectivity index (χ3v) is 3.44. The summed E-state index contributed by atoms with van der Waals surface area (Å²) in [6.45, 7) is 5.66. The van der Waals surface area contributed by atoms with Crippen molar-refractivity contribution in [3.63, 3.8) is 0 Å². The third-order valence-electron chi connectivity index (χ3n) is 3.21. The molecule has 0 saturated carbocycles. The Morgan fingerprint density at radius 1 is 1.50 bits per heavy atom. The Bertz CT molecular complexity index is 467. The molecule has 1 aromatic rings. The van der Waals surface area contributed by atoms with Crippen LogP contribution in [0.25, 0.3) is 0 Å². The molecule has 0 spiro atoms. The van der Waals surface area contributed by atoms with E-state index in [-0.39, 0.29) is 16.7 Å². The Kier molecular flexibility index (Phi) is 3.73. The van der Waals surface area contributed by atoms with Gasteiger partial charge in [-0.1, -0.05) is 11.6 Å². The molecule has 1 N–H and O–H groups in total. The second kappa shape index (κ2) is 5.12. The van der Waals surface area contributed by atoms with Crippen LogP contribution in [-0.2, 0) is 0 Å². The average molecular weight is 270 g/mol. The van der Waals surface area contributed by atoms with E-state index >= 15 is 0 Å². The van der Waals surface area contributed by atoms with Gasteiger partial charge >= 0.3 is 0 Å². The molecule has 2 unspecified atom stereocenters. The molecular formula is C12H16ClN3O2. The molecule has 6 heteroatoms. The fourth-order valence-corrected chi connectivity index (χ4v) is 2.40. The molecule has 0 radical (unpaired) electrons. The van der Waals surface area contributed by atoms with E-state index in [1.165, 1.54) is 6.07 Å². The first-order valence-electron chi connectivity index (χ1n) is 5.93. The summed E-state index contributed by atoms with van der Waals surface area (Å²) in [7, 11) is 0. The number of nitrogens with one attached hydrogen (secondary N) is 1. The van der Waals surface area contributed by atoms with Gasteiger partial charge in [0.2, 0.25) is 0 Å². The number of benzene rings is 1. The summed E-state index contributed by atoms with van der Waals surface area (Å²) < 4.78 is 0. The van der Waals surface area contributed by atoms with Gasteiger partial charge in [-0.25, -0.2) is 0 Å². The van der Waals surface area contributed by atoms with Crippen molar-refractivity contribution in [2.45, 2.75) is 25.9 Å². The summed E-state index contributed by atoms with van der Waals surface area (Å²) in [6, 6.07) is 5.21. The van der Waals surface area contributed by atoms with Gasteiger partial charge in [-0.2, -0.15) is 0 Å². The number of hydrogen-bond donors (Lipinski definition) is 1. The monoisotopic (exact) mass is 269 g/mol. The lowest BCUT2D eigenvalue weighted by atomic mass is 10.1. The molecule has 0 aromatic heterocycles. The summed E-state index contributed by atoms with van der Waals surface area (Å²) in [5.74, 6) is 0. The molecule has 1 aliphatic heterocycles. The highest BCUT2D eigenvalue weighted by molar-refractivity contribution is 6.31. The van der Waals surface area contributed by atoms with Crippen LogP contribution in [0.3, 0.4) is 0 Å². The van der Waals surface area contributed by atoms with Crippen LogP contribution in [0, 0.1) is 10.1 Å². The van der Waals surface area contributed by atoms with Crippen molar-refractivity contribution in [1.29, 1.82) is 0 Å². The van der Waals surface area contributed by atoms with Gasteiger partial charge < -0.3 is 10.2 Å². The molecule has 0 bridgehead atoms. The molecule has 5 nitrogen and oxygen atoms in total. The zero-order valence-corrected chi connectivity index (χ0v) is 11.1. The van der Waals surface area contributed by atoms with Gasteiger partial charge in [0, 0.05) is 36.3 Å². The van der Waals surface area contributed by atoms with E-state index in [1.807, 2.05) is 11.8 Å². The van der Waals surface area contributed by atoms with Crippen molar-refractivity contribution in [1.82, 2.24) is 5.32 Å². The van der Waals surface area contributed by atoms with Gasteiger partial charge in [0.1, 0.15) is 5.69 Å². The largest absolute Gasteiger partial charge is 0.360 e. The predicted octanol–water partition coefficient (Wildman–Crippen LogP) is 2.43. The highest BCUT2D eigenvalue weighted by atomic mass is 35.5. The van der Waals surface area contributed by atoms with Crippen LogP contribution in [0.5, 0.6) is 0 Å². The van der Waals surface area contributed by atoms with Gasteiger partial charge in [0.15, 0.2) is 0 Å². The van der Waals surface area contributed by atoms with Crippen LogP contribution >= 0.6 is 11.6 Å². The second-order valence-corrected chi connectivity index (χ2v) is 5.14. The SMILES string of the molecule is CC1CN(c2cc(Cl)ccc2[N+](=O)[O-])C(C)CN1. The van der Waals surface area contributed by atoms with Crippen molar-refractivity contribution in [3.05, 3.63) is 33.3 Å². The summed E-state index contributed by atoms with van der Waals surface area (Å²) in [6.07, 6.45) is 0. The Morgan fingerprint density at radius 3 is 2.89 bits per heavy atom. The van der Waals surface area contributed by atoms with Crippen LogP contribution in [-0.4, -0.2) is 30.1 Å². The van der Waals surface area contributed by atoms with Gasteiger partial charge in [-0.15, -0.1) is 0 Å². The Morgan fingerprint density at radius 2 is 2.22 bits per heavy atom. The number of nitrogens with zero attached hydrogens (tertiary/aromatic N) is 2. The Labute approximate surface area is 111 Å². The van der Waals surface area contributed by atoms with E-state index in [2.05, 4.69) is 12.2 Å². The van der Waals surface area contributed by atoms with Gasteiger partial charge in [-0.3, -0.25) is 10.1 Å². The topological polar surface area (TPSA) is 58.4 Å². The normalized spacial score (nSPS) is 24.1. The van der Waals surface area contributed by atoms with Crippen molar-refractivity contribution in [2.24, 2.45) is 0 Å². The predicted molar refractivity (Wildman–Crippen MR) is 72.4 cm³/mol. The maximum atomic E-state index is 11.1. The Hall–Kier alpha value is -1.33. The van der Waals surface area contributed by atoms with Crippen molar-refractivity contribution >= 4 is 23.0 Å². The highest BCUT2D eigenvalue weighted by Crippen LogP contribution is 2.33. The fourth-order valence-electron chi connectivity index (χ4n) is 2.24. The molecule has 98 valence electrons. The van der Waals surface area contributed by atoms with Crippen molar-refractivity contribution in [3.8, 4) is 0 Å². The van der Waals surface area contributed by atoms with E-state index in [1.54, 1.807) is 12.1 Å². The lowest BCUT2D eigenvalue weighted by Gasteiger charge is -2.38. The molecule has 0 amide bonds. The zero-order valence-electron chi connectivity index (χ0n) is 10.4. The number of nitro benzene ring substituents is 1. The van der Waals surface area contributed by atoms with E-state index in [0.717, 1.165) is 13.1 Å². The summed E-state index contributed by atoms with van der Waals surface area (Å²) in [5.41, 5.74) is 0.716. The standard InChI is InChI=1S/C12H16ClN3O2/c1-8-7-15(9(2)6-14-8)12-5-10(13)3-4-11(12)16(17)18/h3-5,8-9,14H,6-7H2,1-2H3. The minimum absolute atomic E-state index is 0.111. The molecule has 1 fully saturated rings. The van der Waals surface area contributed by atoms with Gasteiger partial charge in [0.25, 0.3) is 5.69 Å². The number of rotatable bonds is 2. The minimum Gasteiger partial charge on any atom is -0.360 e. The molecule has 1 saturated heterocycles. The molecule has 1 aliphatic rings.